The summed E-state index contributed by atoms with van der Waals surface area (Å²) in [6.07, 6.45) is -0.595. The molecule has 6 nitrogen and oxygen atoms in total. The number of hydrogen-bond acceptors (Lipinski definition) is 4. The molecular weight excluding hydrogens is 437 g/mol. The molecule has 0 saturated heterocycles. The molecule has 10 heteroatoms. The third kappa shape index (κ3) is 6.19. The Bertz CT molecular complexity index is 972. The highest BCUT2D eigenvalue weighted by Crippen LogP contribution is 2.24. The smallest absolute Gasteiger partial charge is 0.303 e. The molecule has 0 aliphatic heterocycles. The first-order valence-electron chi connectivity index (χ1n) is 7.57. The summed E-state index contributed by atoms with van der Waals surface area (Å²) in [6.45, 7) is -0.0872. The fraction of sp³-hybridized carbons (Fsp3) is 0.176. The van der Waals surface area contributed by atoms with E-state index >= 15 is 0 Å². The number of nitrogens with one attached hydrogen (secondary N) is 1. The molecule has 0 saturated carbocycles. The first kappa shape index (κ1) is 21.7. The second-order valence-corrected chi connectivity index (χ2v) is 8.58. The van der Waals surface area contributed by atoms with Gasteiger partial charge in [0.15, 0.2) is 5.78 Å². The van der Waals surface area contributed by atoms with Gasteiger partial charge < -0.3 is 5.11 Å². The summed E-state index contributed by atoms with van der Waals surface area (Å²) in [4.78, 5) is 22.3. The molecule has 0 aliphatic carbocycles. The van der Waals surface area contributed by atoms with Crippen LogP contribution in [0.1, 0.15) is 28.8 Å². The number of carbonyl (C=O) groups excluding carboxylic acids is 1. The van der Waals surface area contributed by atoms with Crippen LogP contribution in [-0.4, -0.2) is 25.3 Å². The lowest BCUT2D eigenvalue weighted by atomic mass is 10.1. The highest BCUT2D eigenvalue weighted by molar-refractivity contribution is 7.89. The Kier molecular flexibility index (Phi) is 7.25. The van der Waals surface area contributed by atoms with Crippen LogP contribution in [0.15, 0.2) is 41.3 Å². The molecular formula is C17H14Cl3NO5S. The lowest BCUT2D eigenvalue weighted by Crippen LogP contribution is -2.24. The Balaban J connectivity index is 2.22. The Labute approximate surface area is 171 Å². The number of carboxylic acid groups (broad SMARTS) is 1. The van der Waals surface area contributed by atoms with Crippen molar-refractivity contribution in [2.24, 2.45) is 0 Å². The molecule has 2 rings (SSSR count). The molecule has 0 amide bonds. The second-order valence-electron chi connectivity index (χ2n) is 5.56. The minimum absolute atomic E-state index is 0.0619. The molecule has 2 N–H and O–H groups in total. The van der Waals surface area contributed by atoms with Gasteiger partial charge >= 0.3 is 5.97 Å². The number of sulfonamides is 1. The quantitative estimate of drug-likeness (QED) is 0.588. The van der Waals surface area contributed by atoms with Crippen molar-refractivity contribution in [3.8, 4) is 0 Å². The molecule has 2 aromatic carbocycles. The van der Waals surface area contributed by atoms with Crippen LogP contribution in [0, 0.1) is 0 Å². The van der Waals surface area contributed by atoms with Gasteiger partial charge in [-0.2, -0.15) is 0 Å². The fourth-order valence-electron chi connectivity index (χ4n) is 2.22. The van der Waals surface area contributed by atoms with Gasteiger partial charge in [-0.25, -0.2) is 13.1 Å². The van der Waals surface area contributed by atoms with Gasteiger partial charge in [0, 0.05) is 28.6 Å². The number of aliphatic carboxylic acids is 1. The van der Waals surface area contributed by atoms with Crippen LogP contribution in [0.5, 0.6) is 0 Å². The second kappa shape index (κ2) is 9.03. The average Bonchev–Trinajstić information content (AvgIpc) is 2.57. The predicted octanol–water partition coefficient (Wildman–Crippen LogP) is 4.17. The van der Waals surface area contributed by atoms with Crippen LogP contribution in [0.2, 0.25) is 15.1 Å². The number of hydrogen-bond donors (Lipinski definition) is 2. The van der Waals surface area contributed by atoms with Gasteiger partial charge in [0.2, 0.25) is 10.0 Å². The molecule has 27 heavy (non-hydrogen) atoms. The summed E-state index contributed by atoms with van der Waals surface area (Å²) >= 11 is 17.8. The third-order valence-corrected chi connectivity index (χ3v) is 5.82. The molecule has 0 unspecified atom stereocenters. The van der Waals surface area contributed by atoms with Gasteiger partial charge in [0.1, 0.15) is 4.90 Å². The summed E-state index contributed by atoms with van der Waals surface area (Å²) in [5.41, 5.74) is 0.604. The summed E-state index contributed by atoms with van der Waals surface area (Å²) in [6, 6.07) is 8.39. The third-order valence-electron chi connectivity index (χ3n) is 3.50. The molecule has 0 spiro atoms. The van der Waals surface area contributed by atoms with E-state index in [1.807, 2.05) is 0 Å². The zero-order valence-corrected chi connectivity index (χ0v) is 16.8. The monoisotopic (exact) mass is 449 g/mol. The highest BCUT2D eigenvalue weighted by atomic mass is 35.5. The zero-order valence-electron chi connectivity index (χ0n) is 13.7. The van der Waals surface area contributed by atoms with Crippen molar-refractivity contribution < 1.29 is 23.1 Å². The number of carbonyl (C=O) groups is 2. The first-order chi connectivity index (χ1) is 12.6. The number of benzene rings is 2. The van der Waals surface area contributed by atoms with Gasteiger partial charge in [-0.3, -0.25) is 9.59 Å². The van der Waals surface area contributed by atoms with E-state index in [2.05, 4.69) is 4.72 Å². The van der Waals surface area contributed by atoms with Crippen molar-refractivity contribution >= 4 is 56.6 Å². The van der Waals surface area contributed by atoms with Crippen LogP contribution in [-0.2, 0) is 21.4 Å². The minimum atomic E-state index is -4.04. The van der Waals surface area contributed by atoms with Gasteiger partial charge in [0.05, 0.1) is 11.4 Å². The van der Waals surface area contributed by atoms with Gasteiger partial charge in [0.25, 0.3) is 0 Å². The van der Waals surface area contributed by atoms with Crippen molar-refractivity contribution in [3.63, 3.8) is 0 Å². The van der Waals surface area contributed by atoms with Gasteiger partial charge in [-0.15, -0.1) is 0 Å². The number of Topliss-reactive ketones (excluding diaryl/α,β-unsaturated/α-hetero) is 1. The minimum Gasteiger partial charge on any atom is -0.481 e. The van der Waals surface area contributed by atoms with E-state index in [0.29, 0.717) is 15.6 Å². The van der Waals surface area contributed by atoms with Crippen molar-refractivity contribution in [3.05, 3.63) is 62.6 Å². The van der Waals surface area contributed by atoms with E-state index in [1.54, 1.807) is 12.1 Å². The summed E-state index contributed by atoms with van der Waals surface area (Å²) in [5, 5.41) is 9.31. The number of rotatable bonds is 8. The van der Waals surface area contributed by atoms with Gasteiger partial charge in [-0.1, -0.05) is 34.8 Å². The molecule has 0 heterocycles. The maximum atomic E-state index is 12.6. The summed E-state index contributed by atoms with van der Waals surface area (Å²) < 4.78 is 27.5. The van der Waals surface area contributed by atoms with Crippen molar-refractivity contribution in [2.45, 2.75) is 24.3 Å². The molecule has 0 bridgehead atoms. The normalized spacial score (nSPS) is 11.4. The lowest BCUT2D eigenvalue weighted by Gasteiger charge is -2.10. The Hall–Kier alpha value is -1.64. The summed E-state index contributed by atoms with van der Waals surface area (Å²) in [7, 11) is -4.04. The molecule has 0 atom stereocenters. The zero-order chi connectivity index (χ0) is 20.2. The predicted molar refractivity (Wildman–Crippen MR) is 103 cm³/mol. The SMILES string of the molecule is O=C(O)CCC(=O)c1ccc(Cl)c(S(=O)(=O)NCc2cc(Cl)cc(Cl)c2)c1. The number of ketones is 1. The highest BCUT2D eigenvalue weighted by Gasteiger charge is 2.20. The number of carboxylic acids is 1. The van der Waals surface area contributed by atoms with Crippen molar-refractivity contribution in [1.29, 1.82) is 0 Å². The molecule has 0 radical (unpaired) electrons. The molecule has 2 aromatic rings. The van der Waals surface area contributed by atoms with E-state index in [9.17, 15) is 18.0 Å². The molecule has 0 aromatic heterocycles. The maximum absolute atomic E-state index is 12.6. The maximum Gasteiger partial charge on any atom is 0.303 e. The van der Waals surface area contributed by atoms with Crippen molar-refractivity contribution in [1.82, 2.24) is 4.72 Å². The van der Waals surface area contributed by atoms with E-state index in [4.69, 9.17) is 39.9 Å². The first-order valence-corrected chi connectivity index (χ1v) is 10.2. The fourth-order valence-corrected chi connectivity index (χ4v) is 4.33. The standard InChI is InChI=1S/C17H14Cl3NO5S/c18-12-5-10(6-13(19)8-12)9-21-27(25,26)16-7-11(1-2-14(16)20)15(22)3-4-17(23)24/h1-2,5-8,21H,3-4,9H2,(H,23,24). The van der Waals surface area contributed by atoms with E-state index in [1.165, 1.54) is 18.2 Å². The van der Waals surface area contributed by atoms with Crippen LogP contribution in [0.25, 0.3) is 0 Å². The van der Waals surface area contributed by atoms with E-state index < -0.39 is 21.8 Å². The average molecular weight is 451 g/mol. The lowest BCUT2D eigenvalue weighted by molar-refractivity contribution is -0.136. The van der Waals surface area contributed by atoms with Crippen LogP contribution < -0.4 is 4.72 Å². The van der Waals surface area contributed by atoms with Crippen LogP contribution in [0.4, 0.5) is 0 Å². The Morgan fingerprint density at radius 3 is 2.19 bits per heavy atom. The van der Waals surface area contributed by atoms with Crippen LogP contribution in [0.3, 0.4) is 0 Å². The number of halogens is 3. The van der Waals surface area contributed by atoms with E-state index in [-0.39, 0.29) is 34.9 Å². The molecule has 0 aliphatic rings. The van der Waals surface area contributed by atoms with Crippen LogP contribution >= 0.6 is 34.8 Å². The largest absolute Gasteiger partial charge is 0.481 e. The van der Waals surface area contributed by atoms with Crippen molar-refractivity contribution in [2.75, 3.05) is 0 Å². The molecule has 144 valence electrons. The van der Waals surface area contributed by atoms with Gasteiger partial charge in [-0.05, 0) is 42.0 Å². The molecule has 0 fully saturated rings. The Morgan fingerprint density at radius 1 is 0.963 bits per heavy atom. The summed E-state index contributed by atoms with van der Waals surface area (Å²) in [5.74, 6) is -1.61. The topological polar surface area (TPSA) is 101 Å². The Morgan fingerprint density at radius 2 is 1.59 bits per heavy atom. The van der Waals surface area contributed by atoms with E-state index in [0.717, 1.165) is 6.07 Å².